The molecule has 0 unspecified atom stereocenters. The molecular formula is C27H31N3O2. The molecule has 2 aromatic carbocycles. The van der Waals surface area contributed by atoms with Crippen LogP contribution in [0, 0.1) is 13.8 Å². The number of nitrogens with zero attached hydrogens (tertiary/aromatic N) is 2. The molecule has 32 heavy (non-hydrogen) atoms. The molecule has 1 amide bonds. The summed E-state index contributed by atoms with van der Waals surface area (Å²) in [5, 5.41) is 7.32. The summed E-state index contributed by atoms with van der Waals surface area (Å²) >= 11 is 0. The molecule has 0 bridgehead atoms. The Morgan fingerprint density at radius 3 is 2.06 bits per heavy atom. The van der Waals surface area contributed by atoms with Crippen LogP contribution >= 0.6 is 0 Å². The molecule has 1 heterocycles. The molecule has 0 saturated heterocycles. The summed E-state index contributed by atoms with van der Waals surface area (Å²) in [6, 6.07) is 14.5. The van der Waals surface area contributed by atoms with Crippen LogP contribution in [0.25, 0.3) is 0 Å². The topological polar surface area (TPSA) is 64.0 Å². The third kappa shape index (κ3) is 5.05. The number of allylic oxidation sites excluding steroid dienone is 1. The fourth-order valence-electron chi connectivity index (χ4n) is 3.57. The molecule has 0 aliphatic rings. The summed E-state index contributed by atoms with van der Waals surface area (Å²) in [6.07, 6.45) is 0.701. The Kier molecular flexibility index (Phi) is 6.49. The number of anilines is 1. The van der Waals surface area contributed by atoms with Gasteiger partial charge in [0.05, 0.1) is 5.69 Å². The van der Waals surface area contributed by atoms with Gasteiger partial charge in [-0.3, -0.25) is 9.59 Å². The highest BCUT2D eigenvalue weighted by molar-refractivity contribution is 6.04. The molecule has 1 N–H and O–H groups in total. The molecule has 3 rings (SSSR count). The highest BCUT2D eigenvalue weighted by Gasteiger charge is 2.18. The van der Waals surface area contributed by atoms with Gasteiger partial charge in [0.25, 0.3) is 11.8 Å². The highest BCUT2D eigenvalue weighted by Crippen LogP contribution is 2.23. The molecule has 0 radical (unpaired) electrons. The summed E-state index contributed by atoms with van der Waals surface area (Å²) in [5.74, 6) is -0.387. The van der Waals surface area contributed by atoms with E-state index in [0.717, 1.165) is 22.5 Å². The first-order valence-corrected chi connectivity index (χ1v) is 10.7. The van der Waals surface area contributed by atoms with Crippen LogP contribution in [0.3, 0.4) is 0 Å². The Hall–Kier alpha value is -3.47. The van der Waals surface area contributed by atoms with Crippen molar-refractivity contribution in [3.05, 3.63) is 94.3 Å². The van der Waals surface area contributed by atoms with Crippen molar-refractivity contribution in [1.29, 1.82) is 0 Å². The van der Waals surface area contributed by atoms with Gasteiger partial charge in [-0.1, -0.05) is 45.1 Å². The lowest BCUT2D eigenvalue weighted by Gasteiger charge is -2.19. The lowest BCUT2D eigenvalue weighted by molar-refractivity contribution is 0.0941. The van der Waals surface area contributed by atoms with Gasteiger partial charge in [0.15, 0.2) is 0 Å². The van der Waals surface area contributed by atoms with Crippen LogP contribution in [0.15, 0.2) is 60.7 Å². The van der Waals surface area contributed by atoms with Crippen molar-refractivity contribution in [2.24, 2.45) is 0 Å². The number of nitrogens with one attached hydrogen (secondary N) is 1. The Labute approximate surface area is 190 Å². The first-order valence-electron chi connectivity index (χ1n) is 10.7. The molecule has 0 spiro atoms. The monoisotopic (exact) mass is 429 g/mol. The quantitative estimate of drug-likeness (QED) is 0.517. The van der Waals surface area contributed by atoms with E-state index in [4.69, 9.17) is 0 Å². The van der Waals surface area contributed by atoms with E-state index in [1.807, 2.05) is 45.0 Å². The van der Waals surface area contributed by atoms with Gasteiger partial charge in [0.1, 0.15) is 0 Å². The number of amides is 1. The van der Waals surface area contributed by atoms with E-state index in [1.165, 1.54) is 10.2 Å². The van der Waals surface area contributed by atoms with Crippen LogP contribution in [0.2, 0.25) is 0 Å². The van der Waals surface area contributed by atoms with Gasteiger partial charge in [-0.25, -0.2) is 4.68 Å². The second-order valence-corrected chi connectivity index (χ2v) is 9.36. The molecule has 0 aliphatic heterocycles. The van der Waals surface area contributed by atoms with Crippen LogP contribution in [-0.2, 0) is 11.8 Å². The molecule has 166 valence electrons. The number of carbonyl (C=O) groups is 2. The number of carbonyl (C=O) groups excluding carboxylic acids is 2. The number of benzene rings is 2. The largest absolute Gasteiger partial charge is 0.322 e. The van der Waals surface area contributed by atoms with Gasteiger partial charge in [-0.15, -0.1) is 0 Å². The van der Waals surface area contributed by atoms with Crippen LogP contribution in [0.1, 0.15) is 70.9 Å². The maximum atomic E-state index is 13.0. The Balaban J connectivity index is 1.73. The fraction of sp³-hybridized carbons (Fsp3) is 0.296. The third-order valence-electron chi connectivity index (χ3n) is 5.51. The summed E-state index contributed by atoms with van der Waals surface area (Å²) < 4.78 is 1.44. The Bertz CT molecular complexity index is 1160. The number of aryl methyl sites for hydroxylation is 1. The van der Waals surface area contributed by atoms with Crippen molar-refractivity contribution in [3.8, 4) is 0 Å². The summed E-state index contributed by atoms with van der Waals surface area (Å²) in [7, 11) is 0. The lowest BCUT2D eigenvalue weighted by Crippen LogP contribution is -2.16. The van der Waals surface area contributed by atoms with E-state index in [2.05, 4.69) is 37.8 Å². The Morgan fingerprint density at radius 2 is 1.53 bits per heavy atom. The standard InChI is InChI=1S/C27H31N3O2/c1-17(2)16-24-18(3)29-30(19(24)4)26(32)21-10-14-23(15-11-21)28-25(31)20-8-12-22(13-9-20)27(5,6)7/h8-15H,1,16H2,2-7H3,(H,28,31). The van der Waals surface area contributed by atoms with E-state index in [1.54, 1.807) is 24.3 Å². The van der Waals surface area contributed by atoms with Gasteiger partial charge < -0.3 is 5.32 Å². The number of hydrogen-bond donors (Lipinski definition) is 1. The first kappa shape index (κ1) is 23.2. The van der Waals surface area contributed by atoms with Crippen LogP contribution in [-0.4, -0.2) is 21.6 Å². The molecule has 0 atom stereocenters. The van der Waals surface area contributed by atoms with E-state index in [9.17, 15) is 9.59 Å². The van der Waals surface area contributed by atoms with Crippen molar-refractivity contribution >= 4 is 17.5 Å². The van der Waals surface area contributed by atoms with Gasteiger partial charge >= 0.3 is 0 Å². The molecule has 5 nitrogen and oxygen atoms in total. The van der Waals surface area contributed by atoms with Crippen LogP contribution in [0.4, 0.5) is 5.69 Å². The summed E-state index contributed by atoms with van der Waals surface area (Å²) in [5.41, 5.74) is 6.65. The normalized spacial score (nSPS) is 11.3. The first-order chi connectivity index (χ1) is 15.0. The van der Waals surface area contributed by atoms with E-state index >= 15 is 0 Å². The molecule has 1 aromatic heterocycles. The van der Waals surface area contributed by atoms with Crippen molar-refractivity contribution in [2.45, 2.75) is 53.4 Å². The SMILES string of the molecule is C=C(C)Cc1c(C)nn(C(=O)c2ccc(NC(=O)c3ccc(C(C)(C)C)cc3)cc2)c1C. The summed E-state index contributed by atoms with van der Waals surface area (Å²) in [6.45, 7) is 16.1. The fourth-order valence-corrected chi connectivity index (χ4v) is 3.57. The second-order valence-electron chi connectivity index (χ2n) is 9.36. The zero-order valence-corrected chi connectivity index (χ0v) is 19.7. The minimum absolute atomic E-state index is 0.0358. The Morgan fingerprint density at radius 1 is 0.969 bits per heavy atom. The summed E-state index contributed by atoms with van der Waals surface area (Å²) in [4.78, 5) is 25.6. The second kappa shape index (κ2) is 8.95. The van der Waals surface area contributed by atoms with Crippen LogP contribution in [0.5, 0.6) is 0 Å². The molecule has 3 aromatic rings. The average Bonchev–Trinajstić information content (AvgIpc) is 3.01. The lowest BCUT2D eigenvalue weighted by atomic mass is 9.87. The van der Waals surface area contributed by atoms with Crippen molar-refractivity contribution in [2.75, 3.05) is 5.32 Å². The number of rotatable bonds is 5. The highest BCUT2D eigenvalue weighted by atomic mass is 16.2. The smallest absolute Gasteiger partial charge is 0.278 e. The van der Waals surface area contributed by atoms with Gasteiger partial charge in [0, 0.05) is 28.1 Å². The molecule has 0 aliphatic carbocycles. The van der Waals surface area contributed by atoms with E-state index < -0.39 is 0 Å². The number of hydrogen-bond acceptors (Lipinski definition) is 3. The zero-order valence-electron chi connectivity index (χ0n) is 19.7. The minimum Gasteiger partial charge on any atom is -0.322 e. The predicted octanol–water partition coefficient (Wildman–Crippen LogP) is 5.86. The average molecular weight is 430 g/mol. The van der Waals surface area contributed by atoms with Crippen molar-refractivity contribution < 1.29 is 9.59 Å². The van der Waals surface area contributed by atoms with Crippen molar-refractivity contribution in [3.63, 3.8) is 0 Å². The molecular weight excluding hydrogens is 398 g/mol. The predicted molar refractivity (Wildman–Crippen MR) is 129 cm³/mol. The number of aromatic nitrogens is 2. The zero-order chi connectivity index (χ0) is 23.6. The maximum absolute atomic E-state index is 13.0. The van der Waals surface area contributed by atoms with Gasteiger partial charge in [0.2, 0.25) is 0 Å². The molecule has 5 heteroatoms. The van der Waals surface area contributed by atoms with E-state index in [-0.39, 0.29) is 17.2 Å². The van der Waals surface area contributed by atoms with Crippen LogP contribution < -0.4 is 5.32 Å². The molecule has 0 saturated carbocycles. The molecule has 0 fully saturated rings. The van der Waals surface area contributed by atoms with Crippen molar-refractivity contribution in [1.82, 2.24) is 9.78 Å². The third-order valence-corrected chi connectivity index (χ3v) is 5.51. The maximum Gasteiger partial charge on any atom is 0.278 e. The minimum atomic E-state index is -0.200. The van der Waals surface area contributed by atoms with Gasteiger partial charge in [-0.2, -0.15) is 5.10 Å². The van der Waals surface area contributed by atoms with Gasteiger partial charge in [-0.05, 0) is 74.6 Å². The van der Waals surface area contributed by atoms with E-state index in [0.29, 0.717) is 23.2 Å².